The van der Waals surface area contributed by atoms with E-state index in [0.29, 0.717) is 23.4 Å². The molecule has 0 N–H and O–H groups in total. The quantitative estimate of drug-likeness (QED) is 0.537. The number of benzene rings is 2. The van der Waals surface area contributed by atoms with Gasteiger partial charge < -0.3 is 4.90 Å². The molecule has 0 radical (unpaired) electrons. The molecule has 0 spiro atoms. The van der Waals surface area contributed by atoms with Gasteiger partial charge in [0.25, 0.3) is 0 Å². The first-order valence-electron chi connectivity index (χ1n) is 10.9. The van der Waals surface area contributed by atoms with E-state index in [0.717, 1.165) is 43.1 Å². The van der Waals surface area contributed by atoms with E-state index in [1.54, 1.807) is 0 Å². The van der Waals surface area contributed by atoms with Crippen molar-refractivity contribution in [3.05, 3.63) is 64.7 Å². The van der Waals surface area contributed by atoms with Gasteiger partial charge in [0.15, 0.2) is 0 Å². The van der Waals surface area contributed by atoms with Gasteiger partial charge in [-0.05, 0) is 80.5 Å². The molecule has 3 nitrogen and oxygen atoms in total. The third kappa shape index (κ3) is 4.94. The molecule has 2 aromatic rings. The Morgan fingerprint density at radius 3 is 2.27 bits per heavy atom. The fourth-order valence-corrected chi connectivity index (χ4v) is 5.56. The van der Waals surface area contributed by atoms with Crippen LogP contribution in [0.5, 0.6) is 0 Å². The minimum Gasteiger partial charge on any atom is -0.363 e. The van der Waals surface area contributed by atoms with E-state index in [4.69, 9.17) is 28.5 Å². The SMILES string of the molecule is CC1CN(Cc2ccc(C#N)cc2)CC(C2CCC(Cl)CC2)N1c1ccc(Cl)cc1. The molecular weight excluding hydrogens is 413 g/mol. The Labute approximate surface area is 190 Å². The first-order chi connectivity index (χ1) is 14.5. The van der Waals surface area contributed by atoms with Crippen molar-refractivity contribution in [3.8, 4) is 6.07 Å². The first-order valence-corrected chi connectivity index (χ1v) is 11.7. The lowest BCUT2D eigenvalue weighted by Gasteiger charge is -2.51. The van der Waals surface area contributed by atoms with Crippen LogP contribution in [0, 0.1) is 17.2 Å². The van der Waals surface area contributed by atoms with Crippen molar-refractivity contribution in [2.75, 3.05) is 18.0 Å². The molecule has 0 amide bonds. The molecule has 2 aromatic carbocycles. The van der Waals surface area contributed by atoms with Gasteiger partial charge in [0.05, 0.1) is 11.6 Å². The van der Waals surface area contributed by atoms with Crippen LogP contribution in [0.3, 0.4) is 0 Å². The van der Waals surface area contributed by atoms with Crippen LogP contribution in [-0.4, -0.2) is 35.5 Å². The topological polar surface area (TPSA) is 30.3 Å². The van der Waals surface area contributed by atoms with Gasteiger partial charge in [-0.15, -0.1) is 11.6 Å². The molecule has 1 aliphatic carbocycles. The summed E-state index contributed by atoms with van der Waals surface area (Å²) in [6, 6.07) is 19.4. The summed E-state index contributed by atoms with van der Waals surface area (Å²) in [6.45, 7) is 5.32. The smallest absolute Gasteiger partial charge is 0.0991 e. The van der Waals surface area contributed by atoms with Crippen LogP contribution in [0.2, 0.25) is 5.02 Å². The number of halogens is 2. The number of piperazine rings is 1. The van der Waals surface area contributed by atoms with Gasteiger partial charge in [-0.1, -0.05) is 23.7 Å². The Bertz CT molecular complexity index is 867. The third-order valence-electron chi connectivity index (χ3n) is 6.66. The van der Waals surface area contributed by atoms with E-state index in [9.17, 15) is 0 Å². The van der Waals surface area contributed by atoms with Gasteiger partial charge in [-0.2, -0.15) is 5.26 Å². The molecule has 2 unspecified atom stereocenters. The van der Waals surface area contributed by atoms with E-state index in [-0.39, 0.29) is 0 Å². The summed E-state index contributed by atoms with van der Waals surface area (Å²) in [7, 11) is 0. The first kappa shape index (κ1) is 21.5. The lowest BCUT2D eigenvalue weighted by atomic mass is 9.81. The highest BCUT2D eigenvalue weighted by Gasteiger charge is 2.38. The molecule has 2 fully saturated rings. The summed E-state index contributed by atoms with van der Waals surface area (Å²) in [5.41, 5.74) is 3.25. The average Bonchev–Trinajstić information content (AvgIpc) is 2.75. The maximum absolute atomic E-state index is 9.05. The minimum atomic E-state index is 0.334. The van der Waals surface area contributed by atoms with Crippen LogP contribution in [0.4, 0.5) is 5.69 Å². The Morgan fingerprint density at radius 1 is 0.967 bits per heavy atom. The van der Waals surface area contributed by atoms with Gasteiger partial charge in [-0.25, -0.2) is 0 Å². The maximum atomic E-state index is 9.05. The van der Waals surface area contributed by atoms with Crippen LogP contribution in [0.1, 0.15) is 43.7 Å². The highest BCUT2D eigenvalue weighted by atomic mass is 35.5. The molecular formula is C25H29Cl2N3. The zero-order valence-electron chi connectivity index (χ0n) is 17.5. The van der Waals surface area contributed by atoms with E-state index in [2.05, 4.69) is 47.1 Å². The molecule has 1 aliphatic heterocycles. The van der Waals surface area contributed by atoms with Crippen molar-refractivity contribution in [2.45, 2.75) is 56.6 Å². The third-order valence-corrected chi connectivity index (χ3v) is 7.35. The van der Waals surface area contributed by atoms with E-state index in [1.165, 1.54) is 24.1 Å². The number of hydrogen-bond donors (Lipinski definition) is 0. The highest BCUT2D eigenvalue weighted by Crippen LogP contribution is 2.37. The number of rotatable bonds is 4. The summed E-state index contributed by atoms with van der Waals surface area (Å²) in [6.07, 6.45) is 4.61. The van der Waals surface area contributed by atoms with Crippen LogP contribution >= 0.6 is 23.2 Å². The molecule has 0 aromatic heterocycles. The molecule has 1 saturated carbocycles. The number of alkyl halides is 1. The van der Waals surface area contributed by atoms with Crippen molar-refractivity contribution in [1.29, 1.82) is 5.26 Å². The number of nitrogens with zero attached hydrogens (tertiary/aromatic N) is 3. The number of nitriles is 1. The second kappa shape index (κ2) is 9.60. The lowest BCUT2D eigenvalue weighted by Crippen LogP contribution is -2.60. The second-order valence-corrected chi connectivity index (χ2v) is 9.87. The van der Waals surface area contributed by atoms with Crippen LogP contribution < -0.4 is 4.90 Å². The van der Waals surface area contributed by atoms with Crippen molar-refractivity contribution in [3.63, 3.8) is 0 Å². The van der Waals surface area contributed by atoms with E-state index in [1.807, 2.05) is 24.3 Å². The van der Waals surface area contributed by atoms with Crippen LogP contribution in [-0.2, 0) is 6.54 Å². The van der Waals surface area contributed by atoms with Gasteiger partial charge in [-0.3, -0.25) is 4.90 Å². The molecule has 1 saturated heterocycles. The fourth-order valence-electron chi connectivity index (χ4n) is 5.19. The zero-order chi connectivity index (χ0) is 21.1. The summed E-state index contributed by atoms with van der Waals surface area (Å²) in [5.74, 6) is 0.655. The maximum Gasteiger partial charge on any atom is 0.0991 e. The van der Waals surface area contributed by atoms with Gasteiger partial charge >= 0.3 is 0 Å². The van der Waals surface area contributed by atoms with Crippen molar-refractivity contribution in [1.82, 2.24) is 4.90 Å². The molecule has 5 heteroatoms. The number of anilines is 1. The van der Waals surface area contributed by atoms with E-state index < -0.39 is 0 Å². The molecule has 2 aliphatic rings. The highest BCUT2D eigenvalue weighted by molar-refractivity contribution is 6.30. The molecule has 158 valence electrons. The van der Waals surface area contributed by atoms with E-state index >= 15 is 0 Å². The summed E-state index contributed by atoms with van der Waals surface area (Å²) in [4.78, 5) is 5.21. The molecule has 2 atom stereocenters. The minimum absolute atomic E-state index is 0.334. The van der Waals surface area contributed by atoms with Crippen molar-refractivity contribution in [2.24, 2.45) is 5.92 Å². The molecule has 0 bridgehead atoms. The summed E-state index contributed by atoms with van der Waals surface area (Å²) < 4.78 is 0. The summed E-state index contributed by atoms with van der Waals surface area (Å²) in [5, 5.41) is 10.2. The second-order valence-electron chi connectivity index (χ2n) is 8.81. The van der Waals surface area contributed by atoms with Crippen LogP contribution in [0.25, 0.3) is 0 Å². The van der Waals surface area contributed by atoms with Gasteiger partial charge in [0.2, 0.25) is 0 Å². The normalized spacial score (nSPS) is 27.6. The van der Waals surface area contributed by atoms with Crippen molar-refractivity contribution < 1.29 is 0 Å². The Kier molecular flexibility index (Phi) is 6.88. The lowest BCUT2D eigenvalue weighted by molar-refractivity contribution is 0.143. The fraction of sp³-hybridized carbons (Fsp3) is 0.480. The summed E-state index contributed by atoms with van der Waals surface area (Å²) >= 11 is 12.6. The van der Waals surface area contributed by atoms with Crippen LogP contribution in [0.15, 0.2) is 48.5 Å². The Hall–Kier alpha value is -1.73. The molecule has 30 heavy (non-hydrogen) atoms. The largest absolute Gasteiger partial charge is 0.363 e. The zero-order valence-corrected chi connectivity index (χ0v) is 19.0. The van der Waals surface area contributed by atoms with Crippen molar-refractivity contribution >= 4 is 28.9 Å². The predicted molar refractivity (Wildman–Crippen MR) is 125 cm³/mol. The standard InChI is InChI=1S/C25H29Cl2N3/c1-18-15-29(16-20-4-2-19(14-28)3-5-20)17-25(21-6-8-22(26)9-7-21)30(18)24-12-10-23(27)11-13-24/h2-5,10-13,18,21-22,25H,6-9,15-17H2,1H3. The monoisotopic (exact) mass is 441 g/mol. The van der Waals surface area contributed by atoms with Gasteiger partial charge in [0, 0.05) is 47.8 Å². The Balaban J connectivity index is 1.55. The molecule has 1 heterocycles. The molecule has 4 rings (SSSR count). The Morgan fingerprint density at radius 2 is 1.63 bits per heavy atom. The number of hydrogen-bond acceptors (Lipinski definition) is 3. The predicted octanol–water partition coefficient (Wildman–Crippen LogP) is 6.09. The van der Waals surface area contributed by atoms with Gasteiger partial charge in [0.1, 0.15) is 0 Å². The average molecular weight is 442 g/mol.